The second-order valence-electron chi connectivity index (χ2n) is 7.46. The fraction of sp³-hybridized carbons (Fsp3) is 0.0833. The van der Waals surface area contributed by atoms with Crippen molar-refractivity contribution in [2.75, 3.05) is 5.32 Å². The molecular weight excluding hydrogens is 480 g/mol. The average Bonchev–Trinajstić information content (AvgIpc) is 3.37. The predicted molar refractivity (Wildman–Crippen MR) is 125 cm³/mol. The van der Waals surface area contributed by atoms with Gasteiger partial charge in [0, 0.05) is 48.7 Å². The summed E-state index contributed by atoms with van der Waals surface area (Å²) in [5, 5.41) is 18.8. The summed E-state index contributed by atoms with van der Waals surface area (Å²) in [4.78, 5) is 12.7. The minimum Gasteiger partial charge on any atom is -0.406 e. The molecule has 8 nitrogen and oxygen atoms in total. The van der Waals surface area contributed by atoms with Crippen LogP contribution in [0, 0.1) is 11.2 Å². The van der Waals surface area contributed by atoms with Crippen molar-refractivity contribution in [1.82, 2.24) is 19.6 Å². The number of rotatable bonds is 7. The van der Waals surface area contributed by atoms with Gasteiger partial charge in [0.1, 0.15) is 11.4 Å². The maximum absolute atomic E-state index is 15.0. The van der Waals surface area contributed by atoms with Gasteiger partial charge in [0.25, 0.3) is 0 Å². The van der Waals surface area contributed by atoms with Gasteiger partial charge in [-0.3, -0.25) is 4.79 Å². The van der Waals surface area contributed by atoms with Crippen LogP contribution in [0.4, 0.5) is 23.2 Å². The van der Waals surface area contributed by atoms with E-state index >= 15 is 0 Å². The van der Waals surface area contributed by atoms with Crippen LogP contribution in [0.2, 0.25) is 0 Å². The van der Waals surface area contributed by atoms with Crippen LogP contribution in [-0.4, -0.2) is 32.1 Å². The molecule has 4 aromatic rings. The molecular formula is C24H18F4N6O2. The number of anilines is 1. The van der Waals surface area contributed by atoms with Crippen LogP contribution >= 0.6 is 0 Å². The molecule has 0 radical (unpaired) electrons. The summed E-state index contributed by atoms with van der Waals surface area (Å²) >= 11 is 0. The van der Waals surface area contributed by atoms with E-state index in [0.29, 0.717) is 5.69 Å². The molecule has 0 fully saturated rings. The number of hydrogen-bond donors (Lipinski definition) is 2. The Labute approximate surface area is 201 Å². The molecule has 0 saturated carbocycles. The van der Waals surface area contributed by atoms with Gasteiger partial charge in [0.05, 0.1) is 11.4 Å². The number of halogens is 4. The van der Waals surface area contributed by atoms with Crippen LogP contribution < -0.4 is 15.5 Å². The topological polar surface area (TPSA) is 97.8 Å². The monoisotopic (exact) mass is 498 g/mol. The van der Waals surface area contributed by atoms with Gasteiger partial charge < -0.3 is 15.5 Å². The molecule has 0 saturated heterocycles. The highest BCUT2D eigenvalue weighted by Gasteiger charge is 2.31. The molecule has 0 amide bonds. The fourth-order valence-electron chi connectivity index (χ4n) is 3.29. The van der Waals surface area contributed by atoms with E-state index in [1.54, 1.807) is 24.5 Å². The number of aromatic nitrogens is 4. The van der Waals surface area contributed by atoms with E-state index in [1.807, 2.05) is 0 Å². The number of ether oxygens (including phenoxy) is 1. The Morgan fingerprint density at radius 1 is 1.08 bits per heavy atom. The van der Waals surface area contributed by atoms with E-state index in [2.05, 4.69) is 20.3 Å². The van der Waals surface area contributed by atoms with Crippen molar-refractivity contribution < 1.29 is 22.3 Å². The van der Waals surface area contributed by atoms with Crippen molar-refractivity contribution in [1.29, 1.82) is 5.41 Å². The van der Waals surface area contributed by atoms with E-state index in [-0.39, 0.29) is 28.3 Å². The second-order valence-corrected chi connectivity index (χ2v) is 7.46. The van der Waals surface area contributed by atoms with Gasteiger partial charge in [-0.2, -0.15) is 10.2 Å². The molecule has 184 valence electrons. The third kappa shape index (κ3) is 5.49. The number of nitrogens with zero attached hydrogens (tertiary/aromatic N) is 4. The van der Waals surface area contributed by atoms with Crippen LogP contribution in [0.3, 0.4) is 0 Å². The summed E-state index contributed by atoms with van der Waals surface area (Å²) in [5.41, 5.74) is 0.266. The smallest absolute Gasteiger partial charge is 0.406 e. The second kappa shape index (κ2) is 9.86. The first-order valence-electron chi connectivity index (χ1n) is 10.4. The van der Waals surface area contributed by atoms with Gasteiger partial charge in [-0.25, -0.2) is 13.8 Å². The lowest BCUT2D eigenvalue weighted by Crippen LogP contribution is -2.20. The SMILES string of the molecule is C/C(C=N)=C(/Nc1cccc(OC(F)(F)F)c1)c1nn(-c2ccc(-n3cccn3)cc2F)ccc1=O. The Morgan fingerprint density at radius 2 is 1.89 bits per heavy atom. The summed E-state index contributed by atoms with van der Waals surface area (Å²) in [6.07, 6.45) is 0.567. The average molecular weight is 498 g/mol. The Kier molecular flexibility index (Phi) is 6.68. The summed E-state index contributed by atoms with van der Waals surface area (Å²) in [7, 11) is 0. The third-order valence-corrected chi connectivity index (χ3v) is 4.94. The lowest BCUT2D eigenvalue weighted by atomic mass is 10.1. The molecule has 0 aliphatic rings. The molecule has 0 aliphatic carbocycles. The van der Waals surface area contributed by atoms with Crippen LogP contribution in [-0.2, 0) is 0 Å². The Morgan fingerprint density at radius 3 is 2.56 bits per heavy atom. The van der Waals surface area contributed by atoms with Gasteiger partial charge in [0.15, 0.2) is 11.5 Å². The molecule has 2 aromatic heterocycles. The first kappa shape index (κ1) is 24.4. The fourth-order valence-corrected chi connectivity index (χ4v) is 3.29. The standard InChI is InChI=1S/C24H18F4N6O2/c1-15(14-29)22(31-16-4-2-5-18(12-16)36-24(26,27)28)23-21(35)8-11-34(32-23)20-7-6-17(13-19(20)25)33-10-3-9-30-33/h2-14,29,31H,1H3/b22-15-,29-14?. The molecule has 0 spiro atoms. The van der Waals surface area contributed by atoms with Crippen molar-refractivity contribution in [2.45, 2.75) is 13.3 Å². The Bertz CT molecular complexity index is 1490. The molecule has 0 aliphatic heterocycles. The molecule has 36 heavy (non-hydrogen) atoms. The highest BCUT2D eigenvalue weighted by molar-refractivity contribution is 5.92. The van der Waals surface area contributed by atoms with E-state index < -0.39 is 23.4 Å². The first-order chi connectivity index (χ1) is 17.1. The number of hydrogen-bond acceptors (Lipinski definition) is 6. The molecule has 2 N–H and O–H groups in total. The Hall–Kier alpha value is -4.74. The van der Waals surface area contributed by atoms with Crippen molar-refractivity contribution in [2.24, 2.45) is 0 Å². The van der Waals surface area contributed by atoms with Crippen LogP contribution in [0.25, 0.3) is 17.1 Å². The quantitative estimate of drug-likeness (QED) is 0.278. The van der Waals surface area contributed by atoms with Crippen molar-refractivity contribution in [3.63, 3.8) is 0 Å². The minimum absolute atomic E-state index is 0.0413. The lowest BCUT2D eigenvalue weighted by molar-refractivity contribution is -0.274. The maximum Gasteiger partial charge on any atom is 0.573 e. The van der Waals surface area contributed by atoms with Crippen molar-refractivity contribution in [3.8, 4) is 17.1 Å². The van der Waals surface area contributed by atoms with E-state index in [4.69, 9.17) is 5.41 Å². The maximum atomic E-state index is 15.0. The number of nitrogens with one attached hydrogen (secondary N) is 2. The third-order valence-electron chi connectivity index (χ3n) is 4.94. The van der Waals surface area contributed by atoms with Crippen LogP contribution in [0.5, 0.6) is 5.75 Å². The molecule has 2 aromatic carbocycles. The van der Waals surface area contributed by atoms with Gasteiger partial charge in [-0.1, -0.05) is 6.07 Å². The summed E-state index contributed by atoms with van der Waals surface area (Å²) in [5.74, 6) is -1.11. The molecule has 0 atom stereocenters. The van der Waals surface area contributed by atoms with Crippen molar-refractivity contribution >= 4 is 17.6 Å². The predicted octanol–water partition coefficient (Wildman–Crippen LogP) is 4.95. The number of benzene rings is 2. The van der Waals surface area contributed by atoms with E-state index in [0.717, 1.165) is 23.0 Å². The number of alkyl halides is 3. The molecule has 0 bridgehead atoms. The summed E-state index contributed by atoms with van der Waals surface area (Å²) in [6.45, 7) is 1.52. The van der Waals surface area contributed by atoms with E-state index in [9.17, 15) is 22.4 Å². The Balaban J connectivity index is 1.72. The minimum atomic E-state index is -4.88. The zero-order chi connectivity index (χ0) is 25.9. The highest BCUT2D eigenvalue weighted by Crippen LogP contribution is 2.27. The van der Waals surface area contributed by atoms with Gasteiger partial charge in [-0.15, -0.1) is 13.2 Å². The normalized spacial score (nSPS) is 12.1. The van der Waals surface area contributed by atoms with Crippen molar-refractivity contribution in [3.05, 3.63) is 100 Å². The molecule has 12 heteroatoms. The molecule has 0 unspecified atom stereocenters. The van der Waals surface area contributed by atoms with Gasteiger partial charge in [-0.05, 0) is 42.8 Å². The van der Waals surface area contributed by atoms with Gasteiger partial charge >= 0.3 is 6.36 Å². The largest absolute Gasteiger partial charge is 0.573 e. The lowest BCUT2D eigenvalue weighted by Gasteiger charge is -2.16. The first-order valence-corrected chi connectivity index (χ1v) is 10.4. The van der Waals surface area contributed by atoms with Gasteiger partial charge in [0.2, 0.25) is 5.43 Å². The number of allylic oxidation sites excluding steroid dienone is 1. The molecule has 2 heterocycles. The summed E-state index contributed by atoms with van der Waals surface area (Å²) < 4.78 is 59.4. The zero-order valence-electron chi connectivity index (χ0n) is 18.6. The summed E-state index contributed by atoms with van der Waals surface area (Å²) in [6, 6.07) is 12.2. The molecule has 4 rings (SSSR count). The van der Waals surface area contributed by atoms with Crippen LogP contribution in [0.1, 0.15) is 12.6 Å². The van der Waals surface area contributed by atoms with Crippen LogP contribution in [0.15, 0.2) is 83.6 Å². The zero-order valence-corrected chi connectivity index (χ0v) is 18.6. The highest BCUT2D eigenvalue weighted by atomic mass is 19.4. The van der Waals surface area contributed by atoms with E-state index in [1.165, 1.54) is 48.1 Å².